The molecule has 5 heteroatoms. The van der Waals surface area contributed by atoms with Gasteiger partial charge in [0.05, 0.1) is 6.54 Å². The van der Waals surface area contributed by atoms with Crippen LogP contribution >= 0.6 is 0 Å². The van der Waals surface area contributed by atoms with E-state index >= 15 is 0 Å². The van der Waals surface area contributed by atoms with Gasteiger partial charge in [-0.15, -0.1) is 0 Å². The summed E-state index contributed by atoms with van der Waals surface area (Å²) < 4.78 is 15.0. The summed E-state index contributed by atoms with van der Waals surface area (Å²) in [6, 6.07) is 19.9. The molecule has 4 nitrogen and oxygen atoms in total. The predicted molar refractivity (Wildman–Crippen MR) is 95.5 cm³/mol. The molecule has 0 saturated carbocycles. The lowest BCUT2D eigenvalue weighted by Crippen LogP contribution is -2.35. The number of aromatic nitrogens is 1. The van der Waals surface area contributed by atoms with Gasteiger partial charge in [-0.05, 0) is 35.4 Å². The number of hydrogen-bond acceptors (Lipinski definition) is 1. The fourth-order valence-corrected chi connectivity index (χ4v) is 2.56. The molecule has 0 bridgehead atoms. The van der Waals surface area contributed by atoms with E-state index in [-0.39, 0.29) is 11.8 Å². The third-order valence-corrected chi connectivity index (χ3v) is 3.92. The molecule has 128 valence electrons. The maximum absolute atomic E-state index is 12.9. The SMILES string of the molecule is O=C(NCc1ccc(F)cc1)NCc1cccn1Cc1ccccc1. The van der Waals surface area contributed by atoms with Gasteiger partial charge in [0.15, 0.2) is 0 Å². The van der Waals surface area contributed by atoms with E-state index < -0.39 is 0 Å². The number of amides is 2. The van der Waals surface area contributed by atoms with Crippen molar-refractivity contribution in [2.45, 2.75) is 19.6 Å². The van der Waals surface area contributed by atoms with E-state index in [1.165, 1.54) is 17.7 Å². The maximum Gasteiger partial charge on any atom is 0.315 e. The van der Waals surface area contributed by atoms with Crippen LogP contribution in [0.2, 0.25) is 0 Å². The van der Waals surface area contributed by atoms with Gasteiger partial charge in [-0.25, -0.2) is 9.18 Å². The van der Waals surface area contributed by atoms with Crippen molar-refractivity contribution in [2.75, 3.05) is 0 Å². The molecule has 0 aliphatic heterocycles. The molecule has 1 aromatic heterocycles. The van der Waals surface area contributed by atoms with Gasteiger partial charge in [0.1, 0.15) is 5.82 Å². The second-order valence-corrected chi connectivity index (χ2v) is 5.78. The minimum atomic E-state index is -0.285. The van der Waals surface area contributed by atoms with Gasteiger partial charge < -0.3 is 15.2 Å². The quantitative estimate of drug-likeness (QED) is 0.708. The van der Waals surface area contributed by atoms with Crippen LogP contribution in [-0.4, -0.2) is 10.6 Å². The lowest BCUT2D eigenvalue weighted by atomic mass is 10.2. The number of rotatable bonds is 6. The first-order chi connectivity index (χ1) is 12.2. The lowest BCUT2D eigenvalue weighted by molar-refractivity contribution is 0.240. The Morgan fingerprint density at radius 1 is 0.840 bits per heavy atom. The normalized spacial score (nSPS) is 10.4. The Morgan fingerprint density at radius 3 is 2.32 bits per heavy atom. The van der Waals surface area contributed by atoms with Crippen molar-refractivity contribution in [2.24, 2.45) is 0 Å². The molecule has 2 aromatic carbocycles. The smallest absolute Gasteiger partial charge is 0.315 e. The summed E-state index contributed by atoms with van der Waals surface area (Å²) in [6.45, 7) is 1.56. The lowest BCUT2D eigenvalue weighted by Gasteiger charge is -2.11. The third kappa shape index (κ3) is 4.94. The van der Waals surface area contributed by atoms with Crippen molar-refractivity contribution in [3.8, 4) is 0 Å². The molecule has 1 heterocycles. The van der Waals surface area contributed by atoms with E-state index in [9.17, 15) is 9.18 Å². The number of carbonyl (C=O) groups excluding carboxylic acids is 1. The minimum Gasteiger partial charge on any atom is -0.345 e. The highest BCUT2D eigenvalue weighted by Gasteiger charge is 2.05. The molecule has 0 aliphatic rings. The number of hydrogen-bond donors (Lipinski definition) is 2. The van der Waals surface area contributed by atoms with Gasteiger partial charge >= 0.3 is 6.03 Å². The van der Waals surface area contributed by atoms with Crippen molar-refractivity contribution in [1.29, 1.82) is 0 Å². The van der Waals surface area contributed by atoms with Crippen LogP contribution in [0.1, 0.15) is 16.8 Å². The number of urea groups is 1. The van der Waals surface area contributed by atoms with E-state index in [2.05, 4.69) is 27.3 Å². The maximum atomic E-state index is 12.9. The first kappa shape index (κ1) is 16.8. The fourth-order valence-electron chi connectivity index (χ4n) is 2.56. The van der Waals surface area contributed by atoms with E-state index in [0.29, 0.717) is 13.1 Å². The van der Waals surface area contributed by atoms with Crippen molar-refractivity contribution >= 4 is 6.03 Å². The minimum absolute atomic E-state index is 0.253. The van der Waals surface area contributed by atoms with E-state index in [1.54, 1.807) is 12.1 Å². The zero-order valence-electron chi connectivity index (χ0n) is 13.8. The number of carbonyl (C=O) groups is 1. The molecular formula is C20H20FN3O. The number of nitrogens with zero attached hydrogens (tertiary/aromatic N) is 1. The Bertz CT molecular complexity index is 812. The van der Waals surface area contributed by atoms with Crippen molar-refractivity contribution in [3.05, 3.63) is 95.6 Å². The zero-order valence-corrected chi connectivity index (χ0v) is 13.8. The Kier molecular flexibility index (Phi) is 5.46. The molecule has 2 N–H and O–H groups in total. The number of halogens is 1. The first-order valence-electron chi connectivity index (χ1n) is 8.15. The van der Waals surface area contributed by atoms with Gasteiger partial charge in [0.25, 0.3) is 0 Å². The molecule has 0 saturated heterocycles. The molecule has 0 radical (unpaired) electrons. The highest BCUT2D eigenvalue weighted by molar-refractivity contribution is 5.73. The average molecular weight is 337 g/mol. The van der Waals surface area contributed by atoms with Gasteiger partial charge in [-0.3, -0.25) is 0 Å². The monoisotopic (exact) mass is 337 g/mol. The molecule has 0 aliphatic carbocycles. The summed E-state index contributed by atoms with van der Waals surface area (Å²) in [7, 11) is 0. The Morgan fingerprint density at radius 2 is 1.56 bits per heavy atom. The topological polar surface area (TPSA) is 46.1 Å². The molecule has 3 aromatic rings. The predicted octanol–water partition coefficient (Wildman–Crippen LogP) is 3.67. The Balaban J connectivity index is 1.49. The highest BCUT2D eigenvalue weighted by Crippen LogP contribution is 2.08. The third-order valence-electron chi connectivity index (χ3n) is 3.92. The largest absolute Gasteiger partial charge is 0.345 e. The van der Waals surface area contributed by atoms with Crippen LogP contribution in [0.4, 0.5) is 9.18 Å². The van der Waals surface area contributed by atoms with E-state index in [1.807, 2.05) is 36.5 Å². The first-order valence-corrected chi connectivity index (χ1v) is 8.15. The zero-order chi connectivity index (χ0) is 17.5. The molecule has 3 rings (SSSR count). The van der Waals surface area contributed by atoms with Crippen LogP contribution in [0, 0.1) is 5.82 Å². The van der Waals surface area contributed by atoms with E-state index in [0.717, 1.165) is 17.8 Å². The second kappa shape index (κ2) is 8.15. The molecule has 0 spiro atoms. The van der Waals surface area contributed by atoms with Crippen LogP contribution < -0.4 is 10.6 Å². The van der Waals surface area contributed by atoms with E-state index in [4.69, 9.17) is 0 Å². The van der Waals surface area contributed by atoms with Crippen LogP contribution in [-0.2, 0) is 19.6 Å². The summed E-state index contributed by atoms with van der Waals surface area (Å²) in [5.74, 6) is -0.285. The molecule has 2 amide bonds. The summed E-state index contributed by atoms with van der Waals surface area (Å²) in [6.07, 6.45) is 2.00. The van der Waals surface area contributed by atoms with Gasteiger partial charge in [-0.2, -0.15) is 0 Å². The molecule has 25 heavy (non-hydrogen) atoms. The van der Waals surface area contributed by atoms with Gasteiger partial charge in [0, 0.05) is 25.0 Å². The number of nitrogens with one attached hydrogen (secondary N) is 2. The fraction of sp³-hybridized carbons (Fsp3) is 0.150. The van der Waals surface area contributed by atoms with Crippen LogP contribution in [0.5, 0.6) is 0 Å². The summed E-state index contributed by atoms with van der Waals surface area (Å²) >= 11 is 0. The second-order valence-electron chi connectivity index (χ2n) is 5.78. The van der Waals surface area contributed by atoms with Crippen molar-refractivity contribution in [1.82, 2.24) is 15.2 Å². The average Bonchev–Trinajstić information content (AvgIpc) is 3.07. The Hall–Kier alpha value is -3.08. The number of benzene rings is 2. The highest BCUT2D eigenvalue weighted by atomic mass is 19.1. The van der Waals surface area contributed by atoms with Crippen LogP contribution in [0.15, 0.2) is 72.9 Å². The summed E-state index contributed by atoms with van der Waals surface area (Å²) in [5.41, 5.74) is 3.09. The standard InChI is InChI=1S/C20H20FN3O/c21-18-10-8-16(9-11-18)13-22-20(25)23-14-19-7-4-12-24(19)15-17-5-2-1-3-6-17/h1-12H,13-15H2,(H2,22,23,25). The molecular weight excluding hydrogens is 317 g/mol. The molecule has 0 atom stereocenters. The van der Waals surface area contributed by atoms with Gasteiger partial charge in [-0.1, -0.05) is 42.5 Å². The Labute approximate surface area is 146 Å². The van der Waals surface area contributed by atoms with Crippen LogP contribution in [0.25, 0.3) is 0 Å². The molecule has 0 fully saturated rings. The summed E-state index contributed by atoms with van der Waals surface area (Å²) in [4.78, 5) is 11.9. The van der Waals surface area contributed by atoms with Crippen LogP contribution in [0.3, 0.4) is 0 Å². The van der Waals surface area contributed by atoms with Crippen molar-refractivity contribution < 1.29 is 9.18 Å². The summed E-state index contributed by atoms with van der Waals surface area (Å²) in [5, 5.41) is 5.62. The van der Waals surface area contributed by atoms with Crippen molar-refractivity contribution in [3.63, 3.8) is 0 Å². The van der Waals surface area contributed by atoms with Gasteiger partial charge in [0.2, 0.25) is 0 Å². The molecule has 0 unspecified atom stereocenters.